The van der Waals surface area contributed by atoms with E-state index in [9.17, 15) is 0 Å². The van der Waals surface area contributed by atoms with E-state index in [2.05, 4.69) is 62.4 Å². The van der Waals surface area contributed by atoms with Crippen LogP contribution in [0.25, 0.3) is 0 Å². The Morgan fingerprint density at radius 2 is 0.867 bits per heavy atom. The van der Waals surface area contributed by atoms with E-state index in [0.717, 1.165) is 74.7 Å². The van der Waals surface area contributed by atoms with Gasteiger partial charge in [-0.15, -0.1) is 0 Å². The van der Waals surface area contributed by atoms with Crippen molar-refractivity contribution in [3.8, 4) is 0 Å². The van der Waals surface area contributed by atoms with Crippen LogP contribution in [0.3, 0.4) is 0 Å². The zero-order valence-corrected chi connectivity index (χ0v) is 18.2. The van der Waals surface area contributed by atoms with Gasteiger partial charge in [0.1, 0.15) is 0 Å². The van der Waals surface area contributed by atoms with E-state index in [4.69, 9.17) is 20.0 Å². The molecule has 0 spiro atoms. The van der Waals surface area contributed by atoms with Crippen LogP contribution in [-0.4, -0.2) is 49.0 Å². The first-order valence-corrected chi connectivity index (χ1v) is 10.9. The highest BCUT2D eigenvalue weighted by molar-refractivity contribution is 6.12. The Hall–Kier alpha value is -2.88. The lowest BCUT2D eigenvalue weighted by Crippen LogP contribution is -2.11. The van der Waals surface area contributed by atoms with Crippen LogP contribution in [0.15, 0.2) is 80.6 Å². The van der Waals surface area contributed by atoms with Crippen LogP contribution in [0.4, 0.5) is 0 Å². The molecule has 4 nitrogen and oxygen atoms in total. The maximum absolute atomic E-state index is 4.90. The number of hydrogen-bond donors (Lipinski definition) is 0. The van der Waals surface area contributed by atoms with Crippen LogP contribution in [0, 0.1) is 0 Å². The van der Waals surface area contributed by atoms with Crippen molar-refractivity contribution in [1.82, 2.24) is 0 Å². The Morgan fingerprint density at radius 1 is 0.500 bits per heavy atom. The van der Waals surface area contributed by atoms with Crippen molar-refractivity contribution in [3.63, 3.8) is 0 Å². The highest BCUT2D eigenvalue weighted by Gasteiger charge is 2.07. The van der Waals surface area contributed by atoms with Gasteiger partial charge in [-0.2, -0.15) is 0 Å². The fraction of sp³-hybridized carbons (Fsp3) is 0.385. The molecule has 0 saturated heterocycles. The molecule has 0 aliphatic carbocycles. The first kappa shape index (κ1) is 21.8. The van der Waals surface area contributed by atoms with Crippen LogP contribution < -0.4 is 0 Å². The van der Waals surface area contributed by atoms with Crippen LogP contribution in [0.1, 0.15) is 50.7 Å². The summed E-state index contributed by atoms with van der Waals surface area (Å²) in [5.41, 5.74) is 6.87. The normalized spacial score (nSPS) is 17.4. The summed E-state index contributed by atoms with van der Waals surface area (Å²) in [6.07, 6.45) is 3.49. The highest BCUT2D eigenvalue weighted by Crippen LogP contribution is 2.09. The van der Waals surface area contributed by atoms with Crippen molar-refractivity contribution in [2.45, 2.75) is 39.5 Å². The zero-order chi connectivity index (χ0) is 21.0. The molecule has 0 fully saturated rings. The molecule has 4 heteroatoms. The smallest absolute Gasteiger partial charge is 0.0476 e. The van der Waals surface area contributed by atoms with Crippen LogP contribution in [-0.2, 0) is 0 Å². The minimum Gasteiger partial charge on any atom is -0.294 e. The second kappa shape index (κ2) is 12.0. The lowest BCUT2D eigenvalue weighted by atomic mass is 10.0. The molecule has 0 amide bonds. The predicted molar refractivity (Wildman–Crippen MR) is 130 cm³/mol. The molecular formula is C26H32N4. The van der Waals surface area contributed by atoms with Crippen LogP contribution in [0.2, 0.25) is 0 Å². The van der Waals surface area contributed by atoms with Gasteiger partial charge < -0.3 is 0 Å². The summed E-state index contributed by atoms with van der Waals surface area (Å²) < 4.78 is 0. The molecule has 156 valence electrons. The molecule has 2 aromatic rings. The van der Waals surface area contributed by atoms with Crippen molar-refractivity contribution in [2.24, 2.45) is 20.0 Å². The van der Waals surface area contributed by atoms with Gasteiger partial charge in [-0.05, 0) is 37.8 Å². The molecule has 0 bridgehead atoms. The molecule has 0 saturated carbocycles. The van der Waals surface area contributed by atoms with Crippen molar-refractivity contribution in [1.29, 1.82) is 0 Å². The summed E-state index contributed by atoms with van der Waals surface area (Å²) >= 11 is 0. The van der Waals surface area contributed by atoms with Crippen LogP contribution >= 0.6 is 0 Å². The van der Waals surface area contributed by atoms with E-state index >= 15 is 0 Å². The van der Waals surface area contributed by atoms with E-state index in [1.165, 1.54) is 11.1 Å². The second-order valence-corrected chi connectivity index (χ2v) is 7.68. The molecular weight excluding hydrogens is 368 g/mol. The van der Waals surface area contributed by atoms with E-state index < -0.39 is 0 Å². The summed E-state index contributed by atoms with van der Waals surface area (Å²) in [5, 5.41) is 0. The monoisotopic (exact) mass is 400 g/mol. The molecule has 3 rings (SSSR count). The number of rotatable bonds is 2. The first-order chi connectivity index (χ1) is 14.7. The van der Waals surface area contributed by atoms with Gasteiger partial charge in [-0.1, -0.05) is 60.7 Å². The molecule has 0 unspecified atom stereocenters. The topological polar surface area (TPSA) is 49.4 Å². The molecule has 0 atom stereocenters. The molecule has 30 heavy (non-hydrogen) atoms. The molecule has 0 aromatic heterocycles. The largest absolute Gasteiger partial charge is 0.294 e. The number of hydrogen-bond acceptors (Lipinski definition) is 4. The van der Waals surface area contributed by atoms with Crippen molar-refractivity contribution < 1.29 is 0 Å². The van der Waals surface area contributed by atoms with Gasteiger partial charge >= 0.3 is 0 Å². The molecule has 0 N–H and O–H groups in total. The molecule has 1 aliphatic rings. The summed E-state index contributed by atoms with van der Waals surface area (Å²) in [5.74, 6) is 0. The fourth-order valence-corrected chi connectivity index (χ4v) is 3.47. The SMILES string of the molecule is CC1=NCCCN=C(c2ccccc2)CC(C)=NCCCN=C(c2ccccc2)C1. The maximum Gasteiger partial charge on any atom is 0.0476 e. The fourth-order valence-electron chi connectivity index (χ4n) is 3.47. The Morgan fingerprint density at radius 3 is 1.27 bits per heavy atom. The van der Waals surface area contributed by atoms with Gasteiger partial charge in [0.15, 0.2) is 0 Å². The predicted octanol–water partition coefficient (Wildman–Crippen LogP) is 5.46. The summed E-state index contributed by atoms with van der Waals surface area (Å²) in [4.78, 5) is 19.4. The van der Waals surface area contributed by atoms with Crippen molar-refractivity contribution in [3.05, 3.63) is 71.8 Å². The molecule has 1 aliphatic heterocycles. The van der Waals surface area contributed by atoms with Gasteiger partial charge in [0.05, 0.1) is 0 Å². The second-order valence-electron chi connectivity index (χ2n) is 7.68. The van der Waals surface area contributed by atoms with Crippen molar-refractivity contribution >= 4 is 22.8 Å². The number of benzene rings is 2. The van der Waals surface area contributed by atoms with E-state index in [-0.39, 0.29) is 0 Å². The number of aliphatic imine (C=N–C) groups is 4. The third-order valence-electron chi connectivity index (χ3n) is 5.06. The number of nitrogens with zero attached hydrogens (tertiary/aromatic N) is 4. The van der Waals surface area contributed by atoms with E-state index in [1.807, 2.05) is 12.1 Å². The highest BCUT2D eigenvalue weighted by atomic mass is 14.8. The third-order valence-corrected chi connectivity index (χ3v) is 5.06. The average molecular weight is 401 g/mol. The lowest BCUT2D eigenvalue weighted by molar-refractivity contribution is 0.835. The van der Waals surface area contributed by atoms with Gasteiger partial charge in [0.25, 0.3) is 0 Å². The Bertz CT molecular complexity index is 831. The Labute approximate surface area is 180 Å². The van der Waals surface area contributed by atoms with E-state index in [1.54, 1.807) is 0 Å². The standard InChI is InChI=1S/C26H32N4/c1-21-19-25(23-11-5-3-6-12-23)29-18-10-16-28-22(2)20-26(30-17-9-15-27-21)24-13-7-4-8-14-24/h3-8,11-14H,9-10,15-20H2,1-2H3. The van der Waals surface area contributed by atoms with Crippen LogP contribution in [0.5, 0.6) is 0 Å². The summed E-state index contributed by atoms with van der Waals surface area (Å²) in [6, 6.07) is 20.9. The van der Waals surface area contributed by atoms with Gasteiger partial charge in [0, 0.05) is 61.9 Å². The lowest BCUT2D eigenvalue weighted by Gasteiger charge is -2.10. The average Bonchev–Trinajstić information content (AvgIpc) is 2.77. The van der Waals surface area contributed by atoms with Crippen molar-refractivity contribution in [2.75, 3.05) is 26.2 Å². The van der Waals surface area contributed by atoms with E-state index in [0.29, 0.717) is 0 Å². The minimum atomic E-state index is 0.786. The quantitative estimate of drug-likeness (QED) is 0.643. The minimum absolute atomic E-state index is 0.786. The summed E-state index contributed by atoms with van der Waals surface area (Å²) in [7, 11) is 0. The zero-order valence-electron chi connectivity index (χ0n) is 18.2. The molecule has 0 radical (unpaired) electrons. The third kappa shape index (κ3) is 7.18. The summed E-state index contributed by atoms with van der Waals surface area (Å²) in [6.45, 7) is 7.38. The van der Waals surface area contributed by atoms with Gasteiger partial charge in [0.2, 0.25) is 0 Å². The molecule has 2 aromatic carbocycles. The Balaban J connectivity index is 1.76. The molecule has 1 heterocycles. The Kier molecular flexibility index (Phi) is 8.70. The van der Waals surface area contributed by atoms with Gasteiger partial charge in [-0.3, -0.25) is 20.0 Å². The first-order valence-electron chi connectivity index (χ1n) is 10.9. The maximum atomic E-state index is 4.90. The van der Waals surface area contributed by atoms with Gasteiger partial charge in [-0.25, -0.2) is 0 Å².